The lowest BCUT2D eigenvalue weighted by Crippen LogP contribution is -2.42. The maximum absolute atomic E-state index is 11.7. The van der Waals surface area contributed by atoms with Crippen molar-refractivity contribution in [2.75, 3.05) is 12.4 Å². The van der Waals surface area contributed by atoms with Crippen LogP contribution in [0.15, 0.2) is 6.07 Å². The molecule has 0 fully saturated rings. The van der Waals surface area contributed by atoms with E-state index in [9.17, 15) is 4.79 Å². The highest BCUT2D eigenvalue weighted by Crippen LogP contribution is 2.29. The Morgan fingerprint density at radius 1 is 1.47 bits per heavy atom. The fraction of sp³-hybridized carbons (Fsp3) is 0.538. The number of thiocarbonyl (C=S) groups is 1. The molecule has 106 valence electrons. The van der Waals surface area contributed by atoms with Gasteiger partial charge in [0.25, 0.3) is 0 Å². The van der Waals surface area contributed by atoms with Crippen LogP contribution in [0, 0.1) is 0 Å². The summed E-state index contributed by atoms with van der Waals surface area (Å²) in [6, 6.07) is 1.85. The Kier molecular flexibility index (Phi) is 5.31. The van der Waals surface area contributed by atoms with Crippen molar-refractivity contribution in [2.45, 2.75) is 39.7 Å². The van der Waals surface area contributed by atoms with E-state index in [2.05, 4.69) is 10.6 Å². The third kappa shape index (κ3) is 4.80. The first-order valence-electron chi connectivity index (χ1n) is 6.07. The van der Waals surface area contributed by atoms with E-state index in [1.165, 1.54) is 18.4 Å². The molecule has 0 aliphatic rings. The molecule has 0 unspecified atom stereocenters. The zero-order valence-electron chi connectivity index (χ0n) is 11.9. The number of hydrogen-bond donors (Lipinski definition) is 2. The number of nitrogens with one attached hydrogen (secondary N) is 2. The number of thiophene rings is 1. The van der Waals surface area contributed by atoms with Crippen molar-refractivity contribution >= 4 is 39.6 Å². The van der Waals surface area contributed by atoms with Gasteiger partial charge in [-0.25, -0.2) is 4.79 Å². The van der Waals surface area contributed by atoms with Crippen molar-refractivity contribution in [3.63, 3.8) is 0 Å². The third-order valence-corrected chi connectivity index (χ3v) is 3.65. The van der Waals surface area contributed by atoms with E-state index in [0.717, 1.165) is 16.3 Å². The molecule has 0 aliphatic heterocycles. The molecule has 0 saturated carbocycles. The van der Waals surface area contributed by atoms with Gasteiger partial charge in [-0.1, -0.05) is 6.92 Å². The molecule has 0 bridgehead atoms. The summed E-state index contributed by atoms with van der Waals surface area (Å²) in [6.45, 7) is 8.11. The van der Waals surface area contributed by atoms with Crippen molar-refractivity contribution in [3.8, 4) is 0 Å². The average molecular weight is 300 g/mol. The molecule has 0 radical (unpaired) electrons. The maximum Gasteiger partial charge on any atom is 0.340 e. The van der Waals surface area contributed by atoms with Crippen LogP contribution in [-0.2, 0) is 11.2 Å². The minimum absolute atomic E-state index is 0.125. The molecule has 19 heavy (non-hydrogen) atoms. The number of ether oxygens (including phenoxy) is 1. The van der Waals surface area contributed by atoms with Gasteiger partial charge in [0.1, 0.15) is 5.00 Å². The lowest BCUT2D eigenvalue weighted by atomic mass is 10.1. The van der Waals surface area contributed by atoms with Gasteiger partial charge in [0, 0.05) is 10.4 Å². The average Bonchev–Trinajstić information content (AvgIpc) is 2.68. The van der Waals surface area contributed by atoms with E-state index in [4.69, 9.17) is 17.0 Å². The first-order valence-corrected chi connectivity index (χ1v) is 7.29. The number of esters is 1. The maximum atomic E-state index is 11.7. The Hall–Kier alpha value is -1.14. The molecule has 0 atom stereocenters. The molecule has 0 aliphatic carbocycles. The monoisotopic (exact) mass is 300 g/mol. The molecule has 2 N–H and O–H groups in total. The Bertz CT molecular complexity index is 475. The molecule has 1 aromatic rings. The summed E-state index contributed by atoms with van der Waals surface area (Å²) in [5.41, 5.74) is 0.405. The van der Waals surface area contributed by atoms with Crippen molar-refractivity contribution < 1.29 is 9.53 Å². The first-order chi connectivity index (χ1) is 8.76. The number of aryl methyl sites for hydroxylation is 1. The van der Waals surface area contributed by atoms with E-state index in [1.807, 2.05) is 33.8 Å². The van der Waals surface area contributed by atoms with Crippen LogP contribution in [0.1, 0.15) is 42.9 Å². The van der Waals surface area contributed by atoms with Gasteiger partial charge < -0.3 is 15.4 Å². The minimum atomic E-state index is -0.350. The predicted octanol–water partition coefficient (Wildman–Crippen LogP) is 3.18. The second-order valence-electron chi connectivity index (χ2n) is 5.13. The number of hydrogen-bond acceptors (Lipinski definition) is 4. The number of carbonyl (C=O) groups is 1. The molecule has 6 heteroatoms. The highest BCUT2D eigenvalue weighted by atomic mass is 32.1. The van der Waals surface area contributed by atoms with Crippen LogP contribution in [-0.4, -0.2) is 23.7 Å². The number of rotatable bonds is 3. The van der Waals surface area contributed by atoms with Crippen molar-refractivity contribution in [2.24, 2.45) is 0 Å². The van der Waals surface area contributed by atoms with Crippen LogP contribution in [0.25, 0.3) is 0 Å². The molecule has 1 heterocycles. The smallest absolute Gasteiger partial charge is 0.340 e. The van der Waals surface area contributed by atoms with E-state index in [0.29, 0.717) is 10.7 Å². The number of methoxy groups -OCH3 is 1. The van der Waals surface area contributed by atoms with E-state index < -0.39 is 0 Å². The van der Waals surface area contributed by atoms with Crippen LogP contribution < -0.4 is 10.6 Å². The highest BCUT2D eigenvalue weighted by Gasteiger charge is 2.18. The lowest BCUT2D eigenvalue weighted by molar-refractivity contribution is 0.0602. The van der Waals surface area contributed by atoms with E-state index in [-0.39, 0.29) is 11.5 Å². The Morgan fingerprint density at radius 3 is 2.58 bits per heavy atom. The third-order valence-electron chi connectivity index (χ3n) is 2.25. The van der Waals surface area contributed by atoms with Gasteiger partial charge in [0.05, 0.1) is 12.7 Å². The van der Waals surface area contributed by atoms with Gasteiger partial charge in [-0.2, -0.15) is 0 Å². The van der Waals surface area contributed by atoms with Crippen LogP contribution in [0.5, 0.6) is 0 Å². The van der Waals surface area contributed by atoms with Crippen LogP contribution in [0.2, 0.25) is 0 Å². The van der Waals surface area contributed by atoms with Crippen molar-refractivity contribution in [3.05, 3.63) is 16.5 Å². The normalized spacial score (nSPS) is 11.0. The second-order valence-corrected chi connectivity index (χ2v) is 6.67. The standard InChI is InChI=1S/C13H20N2O2S2/c1-6-8-7-9(11(16)17-5)10(19-8)14-12(18)15-13(2,3)4/h7H,6H2,1-5H3,(H2,14,15,18). The van der Waals surface area contributed by atoms with Gasteiger partial charge in [-0.3, -0.25) is 0 Å². The molecule has 0 aromatic carbocycles. The van der Waals surface area contributed by atoms with E-state index >= 15 is 0 Å². The fourth-order valence-electron chi connectivity index (χ4n) is 1.45. The summed E-state index contributed by atoms with van der Waals surface area (Å²) < 4.78 is 4.78. The quantitative estimate of drug-likeness (QED) is 0.663. The molecule has 0 saturated heterocycles. The zero-order valence-corrected chi connectivity index (χ0v) is 13.6. The number of anilines is 1. The van der Waals surface area contributed by atoms with Gasteiger partial charge >= 0.3 is 5.97 Å². The summed E-state index contributed by atoms with van der Waals surface area (Å²) in [5.74, 6) is -0.350. The molecular weight excluding hydrogens is 280 g/mol. The van der Waals surface area contributed by atoms with Crippen molar-refractivity contribution in [1.82, 2.24) is 5.32 Å². The molecular formula is C13H20N2O2S2. The summed E-state index contributed by atoms with van der Waals surface area (Å²) in [6.07, 6.45) is 0.871. The molecule has 0 amide bonds. The summed E-state index contributed by atoms with van der Waals surface area (Å²) in [4.78, 5) is 12.8. The molecule has 1 rings (SSSR count). The summed E-state index contributed by atoms with van der Waals surface area (Å²) in [5, 5.41) is 7.46. The molecule has 0 spiro atoms. The molecule has 1 aromatic heterocycles. The Morgan fingerprint density at radius 2 is 2.11 bits per heavy atom. The second kappa shape index (κ2) is 6.34. The fourth-order valence-corrected chi connectivity index (χ4v) is 2.91. The zero-order chi connectivity index (χ0) is 14.6. The van der Waals surface area contributed by atoms with Gasteiger partial charge in [0.15, 0.2) is 5.11 Å². The highest BCUT2D eigenvalue weighted by molar-refractivity contribution is 7.80. The molecule has 4 nitrogen and oxygen atoms in total. The minimum Gasteiger partial charge on any atom is -0.465 e. The predicted molar refractivity (Wildman–Crippen MR) is 84.1 cm³/mol. The van der Waals surface area contributed by atoms with Crippen LogP contribution in [0.4, 0.5) is 5.00 Å². The largest absolute Gasteiger partial charge is 0.465 e. The first kappa shape index (κ1) is 15.9. The lowest BCUT2D eigenvalue weighted by Gasteiger charge is -2.22. The summed E-state index contributed by atoms with van der Waals surface area (Å²) >= 11 is 6.76. The Labute approximate surface area is 123 Å². The van der Waals surface area contributed by atoms with E-state index in [1.54, 1.807) is 0 Å². The van der Waals surface area contributed by atoms with Crippen LogP contribution >= 0.6 is 23.6 Å². The van der Waals surface area contributed by atoms with Crippen LogP contribution in [0.3, 0.4) is 0 Å². The van der Waals surface area contributed by atoms with Crippen molar-refractivity contribution in [1.29, 1.82) is 0 Å². The van der Waals surface area contributed by atoms with Gasteiger partial charge in [-0.05, 0) is 45.5 Å². The van der Waals surface area contributed by atoms with Gasteiger partial charge in [0.2, 0.25) is 0 Å². The number of carbonyl (C=O) groups excluding carboxylic acids is 1. The SMILES string of the molecule is CCc1cc(C(=O)OC)c(NC(=S)NC(C)(C)C)s1. The topological polar surface area (TPSA) is 50.4 Å². The van der Waals surface area contributed by atoms with Gasteiger partial charge in [-0.15, -0.1) is 11.3 Å². The Balaban J connectivity index is 2.90. The summed E-state index contributed by atoms with van der Waals surface area (Å²) in [7, 11) is 1.38.